The van der Waals surface area contributed by atoms with Crippen molar-refractivity contribution >= 4 is 17.4 Å². The molecule has 1 saturated heterocycles. The first-order valence-corrected chi connectivity index (χ1v) is 8.75. The van der Waals surface area contributed by atoms with Gasteiger partial charge in [0.1, 0.15) is 5.82 Å². The average molecular weight is 328 g/mol. The van der Waals surface area contributed by atoms with Gasteiger partial charge in [-0.2, -0.15) is 9.61 Å². The van der Waals surface area contributed by atoms with Gasteiger partial charge in [-0.1, -0.05) is 0 Å². The van der Waals surface area contributed by atoms with Gasteiger partial charge in [0.15, 0.2) is 5.65 Å². The summed E-state index contributed by atoms with van der Waals surface area (Å²) in [4.78, 5) is 21.2. The van der Waals surface area contributed by atoms with Crippen molar-refractivity contribution in [2.24, 2.45) is 5.92 Å². The number of amides is 1. The second kappa shape index (κ2) is 6.05. The first-order valence-electron chi connectivity index (χ1n) is 8.75. The number of hydrogen-bond acceptors (Lipinski definition) is 5. The maximum Gasteiger partial charge on any atom is 0.228 e. The summed E-state index contributed by atoms with van der Waals surface area (Å²) in [6.45, 7) is 6.23. The van der Waals surface area contributed by atoms with E-state index >= 15 is 0 Å². The number of carbonyl (C=O) groups excluding carboxylic acids is 1. The predicted octanol–water partition coefficient (Wildman–Crippen LogP) is 0.332. The molecule has 1 N–H and O–H groups in total. The van der Waals surface area contributed by atoms with Crippen LogP contribution in [0.25, 0.3) is 5.65 Å². The van der Waals surface area contributed by atoms with Crippen LogP contribution in [0.3, 0.4) is 0 Å². The molecule has 7 nitrogen and oxygen atoms in total. The van der Waals surface area contributed by atoms with Crippen LogP contribution >= 0.6 is 0 Å². The summed E-state index contributed by atoms with van der Waals surface area (Å²) in [5, 5.41) is 7.92. The van der Waals surface area contributed by atoms with E-state index in [2.05, 4.69) is 15.3 Å². The Morgan fingerprint density at radius 2 is 2.17 bits per heavy atom. The van der Waals surface area contributed by atoms with Crippen LogP contribution in [0.5, 0.6) is 0 Å². The van der Waals surface area contributed by atoms with E-state index in [0.29, 0.717) is 0 Å². The van der Waals surface area contributed by atoms with E-state index in [-0.39, 0.29) is 11.8 Å². The molecular formula is C17H24N6O. The average Bonchev–Trinajstić information content (AvgIpc) is 2.88. The number of rotatable bonds is 3. The van der Waals surface area contributed by atoms with Gasteiger partial charge in [0.25, 0.3) is 0 Å². The van der Waals surface area contributed by atoms with Gasteiger partial charge in [-0.15, -0.1) is 0 Å². The van der Waals surface area contributed by atoms with Crippen molar-refractivity contribution in [3.8, 4) is 0 Å². The first-order chi connectivity index (χ1) is 11.7. The molecule has 0 aromatic carbocycles. The van der Waals surface area contributed by atoms with Gasteiger partial charge in [-0.05, 0) is 19.9 Å². The van der Waals surface area contributed by atoms with Crippen LogP contribution < -0.4 is 10.2 Å². The molecule has 7 heteroatoms. The van der Waals surface area contributed by atoms with Crippen LogP contribution in [0.15, 0.2) is 12.3 Å². The maximum absolute atomic E-state index is 12.3. The smallest absolute Gasteiger partial charge is 0.228 e. The van der Waals surface area contributed by atoms with E-state index in [1.165, 1.54) is 11.3 Å². The highest BCUT2D eigenvalue weighted by atomic mass is 16.2. The second-order valence-electron chi connectivity index (χ2n) is 6.67. The summed E-state index contributed by atoms with van der Waals surface area (Å²) in [7, 11) is 1.88. The minimum atomic E-state index is 0.0910. The van der Waals surface area contributed by atoms with Crippen LogP contribution in [0.4, 0.5) is 5.82 Å². The number of nitrogens with zero attached hydrogens (tertiary/aromatic N) is 5. The fourth-order valence-electron chi connectivity index (χ4n) is 3.61. The summed E-state index contributed by atoms with van der Waals surface area (Å²) in [5.41, 5.74) is 3.35. The standard InChI is InChI=1S/C17H24N6O/c1-3-21(2)17(24)12-10-22(11-12)16-13-4-7-18-8-5-14(13)20-15-6-9-19-23(15)16/h6,9,12,18H,3-5,7-8,10-11H2,1-2H3. The SMILES string of the molecule is CCN(C)C(=O)C1CN(c2c3c(nc4ccnn24)CCNCC3)C1. The molecule has 0 atom stereocenters. The Balaban J connectivity index is 1.66. The van der Waals surface area contributed by atoms with Gasteiger partial charge in [0.05, 0.1) is 17.8 Å². The Labute approximate surface area is 141 Å². The topological polar surface area (TPSA) is 65.8 Å². The maximum atomic E-state index is 12.3. The van der Waals surface area contributed by atoms with Crippen molar-refractivity contribution in [3.63, 3.8) is 0 Å². The summed E-state index contributed by atoms with van der Waals surface area (Å²) in [5.74, 6) is 1.47. The molecule has 4 heterocycles. The number of nitrogens with one attached hydrogen (secondary N) is 1. The molecule has 2 aliphatic rings. The van der Waals surface area contributed by atoms with E-state index in [1.54, 1.807) is 6.20 Å². The van der Waals surface area contributed by atoms with Crippen molar-refractivity contribution in [2.45, 2.75) is 19.8 Å². The van der Waals surface area contributed by atoms with Crippen LogP contribution in [-0.4, -0.2) is 65.2 Å². The molecule has 24 heavy (non-hydrogen) atoms. The van der Waals surface area contributed by atoms with E-state index in [1.807, 2.05) is 29.5 Å². The molecule has 2 aromatic heterocycles. The zero-order valence-electron chi connectivity index (χ0n) is 14.3. The normalized spacial score (nSPS) is 18.2. The van der Waals surface area contributed by atoms with Crippen molar-refractivity contribution in [2.75, 3.05) is 44.7 Å². The van der Waals surface area contributed by atoms with Crippen molar-refractivity contribution in [1.29, 1.82) is 0 Å². The van der Waals surface area contributed by atoms with Crippen LogP contribution in [0.2, 0.25) is 0 Å². The molecule has 2 aliphatic heterocycles. The molecule has 0 radical (unpaired) electrons. The number of carbonyl (C=O) groups is 1. The van der Waals surface area contributed by atoms with Gasteiger partial charge < -0.3 is 15.1 Å². The third-order valence-electron chi connectivity index (χ3n) is 5.16. The summed E-state index contributed by atoms with van der Waals surface area (Å²) in [6.07, 6.45) is 3.70. The molecule has 0 saturated carbocycles. The van der Waals surface area contributed by atoms with Crippen LogP contribution in [0, 0.1) is 5.92 Å². The first kappa shape index (κ1) is 15.4. The highest BCUT2D eigenvalue weighted by Gasteiger charge is 2.37. The second-order valence-corrected chi connectivity index (χ2v) is 6.67. The highest BCUT2D eigenvalue weighted by molar-refractivity contribution is 5.82. The molecule has 1 amide bonds. The molecule has 0 unspecified atom stereocenters. The van der Waals surface area contributed by atoms with Gasteiger partial charge in [0.2, 0.25) is 5.91 Å². The number of anilines is 1. The summed E-state index contributed by atoms with van der Waals surface area (Å²) >= 11 is 0. The zero-order chi connectivity index (χ0) is 16.7. The van der Waals surface area contributed by atoms with Gasteiger partial charge >= 0.3 is 0 Å². The lowest BCUT2D eigenvalue weighted by Gasteiger charge is -2.42. The van der Waals surface area contributed by atoms with Crippen LogP contribution in [-0.2, 0) is 17.6 Å². The Morgan fingerprint density at radius 3 is 2.96 bits per heavy atom. The lowest BCUT2D eigenvalue weighted by molar-refractivity contribution is -0.134. The lowest BCUT2D eigenvalue weighted by Crippen LogP contribution is -2.55. The number of aromatic nitrogens is 3. The molecule has 4 rings (SSSR count). The Kier molecular flexibility index (Phi) is 3.88. The molecule has 0 aliphatic carbocycles. The number of fused-ring (bicyclic) bond motifs is 2. The Morgan fingerprint density at radius 1 is 1.38 bits per heavy atom. The monoisotopic (exact) mass is 328 g/mol. The van der Waals surface area contributed by atoms with E-state index in [4.69, 9.17) is 4.98 Å². The summed E-state index contributed by atoms with van der Waals surface area (Å²) < 4.78 is 1.94. The molecule has 0 bridgehead atoms. The van der Waals surface area contributed by atoms with E-state index in [0.717, 1.165) is 57.0 Å². The largest absolute Gasteiger partial charge is 0.354 e. The van der Waals surface area contributed by atoms with E-state index < -0.39 is 0 Å². The predicted molar refractivity (Wildman–Crippen MR) is 92.3 cm³/mol. The number of hydrogen-bond donors (Lipinski definition) is 1. The molecular weight excluding hydrogens is 304 g/mol. The van der Waals surface area contributed by atoms with Crippen molar-refractivity contribution < 1.29 is 4.79 Å². The minimum Gasteiger partial charge on any atom is -0.354 e. The molecule has 2 aromatic rings. The molecule has 1 fully saturated rings. The quantitative estimate of drug-likeness (QED) is 0.880. The van der Waals surface area contributed by atoms with Gasteiger partial charge in [-0.25, -0.2) is 4.98 Å². The van der Waals surface area contributed by atoms with Crippen LogP contribution in [0.1, 0.15) is 18.2 Å². The van der Waals surface area contributed by atoms with Gasteiger partial charge in [0, 0.05) is 51.3 Å². The van der Waals surface area contributed by atoms with Crippen molar-refractivity contribution in [1.82, 2.24) is 24.8 Å². The molecule has 128 valence electrons. The fraction of sp³-hybridized carbons (Fsp3) is 0.588. The Bertz CT molecular complexity index is 764. The zero-order valence-corrected chi connectivity index (χ0v) is 14.3. The third kappa shape index (κ3) is 2.43. The minimum absolute atomic E-state index is 0.0910. The lowest BCUT2D eigenvalue weighted by atomic mass is 9.97. The highest BCUT2D eigenvalue weighted by Crippen LogP contribution is 2.31. The molecule has 0 spiro atoms. The third-order valence-corrected chi connectivity index (χ3v) is 5.16. The van der Waals surface area contributed by atoms with Crippen molar-refractivity contribution in [3.05, 3.63) is 23.5 Å². The fourth-order valence-corrected chi connectivity index (χ4v) is 3.61. The Hall–Kier alpha value is -2.15. The van der Waals surface area contributed by atoms with Gasteiger partial charge in [-0.3, -0.25) is 4.79 Å². The summed E-state index contributed by atoms with van der Waals surface area (Å²) in [6, 6.07) is 1.95. The van der Waals surface area contributed by atoms with E-state index in [9.17, 15) is 4.79 Å².